The van der Waals surface area contributed by atoms with Crippen molar-refractivity contribution in [2.75, 3.05) is 5.33 Å². The van der Waals surface area contributed by atoms with Crippen molar-refractivity contribution in [3.05, 3.63) is 90.4 Å². The van der Waals surface area contributed by atoms with Crippen LogP contribution >= 0.6 is 62.3 Å². The van der Waals surface area contributed by atoms with E-state index >= 15 is 0 Å². The zero-order chi connectivity index (χ0) is 47.4. The molecule has 0 unspecified atom stereocenters. The van der Waals surface area contributed by atoms with E-state index in [-0.39, 0.29) is 187 Å². The third-order valence-electron chi connectivity index (χ3n) is 7.58. The molecule has 0 spiro atoms. The second-order valence-electron chi connectivity index (χ2n) is 14.3. The Morgan fingerprint density at radius 2 is 1.22 bits per heavy atom. The number of carbonyl (C=O) groups is 3. The predicted molar refractivity (Wildman–Crippen MR) is 234 cm³/mol. The molecule has 1 N–H and O–H groups in total. The Kier molecular flexibility index (Phi) is 26.2. The molecule has 0 aliphatic carbocycles. The fraction of sp³-hybridized carbons (Fsp3) is 0.308. The molecular weight excluding hydrogens is 1060 g/mol. The maximum Gasteiger partial charge on any atom is 1.00 e. The van der Waals surface area contributed by atoms with Gasteiger partial charge in [0.1, 0.15) is 31.6 Å². The van der Waals surface area contributed by atoms with Gasteiger partial charge in [0, 0.05) is 41.2 Å². The Morgan fingerprint density at radius 1 is 0.800 bits per heavy atom. The minimum Gasteiger partial charge on any atom is -1.00 e. The largest absolute Gasteiger partial charge is 1.00 e. The van der Waals surface area contributed by atoms with Crippen LogP contribution in [0.4, 0.5) is 8.78 Å². The number of H-pyrrole nitrogens is 1. The molecule has 0 saturated heterocycles. The van der Waals surface area contributed by atoms with E-state index < -0.39 is 46.9 Å². The summed E-state index contributed by atoms with van der Waals surface area (Å²) in [5, 5.41) is 9.56. The van der Waals surface area contributed by atoms with E-state index in [1.165, 1.54) is 49.1 Å². The van der Waals surface area contributed by atoms with E-state index in [1.807, 2.05) is 6.92 Å². The van der Waals surface area contributed by atoms with E-state index in [0.29, 0.717) is 0 Å². The van der Waals surface area contributed by atoms with Crippen molar-refractivity contribution in [3.63, 3.8) is 0 Å². The average Bonchev–Trinajstić information content (AvgIpc) is 3.20. The van der Waals surface area contributed by atoms with Gasteiger partial charge in [0.2, 0.25) is 0 Å². The van der Waals surface area contributed by atoms with Gasteiger partial charge >= 0.3 is 115 Å². The van der Waals surface area contributed by atoms with Gasteiger partial charge in [-0.15, -0.1) is 0 Å². The Bertz CT molecular complexity index is 2750. The van der Waals surface area contributed by atoms with Crippen LogP contribution < -0.4 is 129 Å². The Balaban J connectivity index is 0.00000108. The summed E-state index contributed by atoms with van der Waals surface area (Å²) in [5.74, 6) is -1.46. The molecule has 0 amide bonds. The maximum absolute atomic E-state index is 13.3. The van der Waals surface area contributed by atoms with E-state index in [1.54, 1.807) is 41.5 Å². The summed E-state index contributed by atoms with van der Waals surface area (Å²) < 4.78 is 38.3. The van der Waals surface area contributed by atoms with Crippen LogP contribution in [0, 0.1) is 10.8 Å². The Labute approximate surface area is 484 Å². The Morgan fingerprint density at radius 3 is 1.65 bits per heavy atom. The molecule has 0 fully saturated rings. The molecule has 0 radical (unpaired) electrons. The van der Waals surface area contributed by atoms with E-state index in [4.69, 9.17) is 65.9 Å². The zero-order valence-corrected chi connectivity index (χ0v) is 47.0. The average molecular weight is 1100 g/mol. The number of aromatic amines is 1. The summed E-state index contributed by atoms with van der Waals surface area (Å²) in [4.78, 5) is 89.1. The van der Waals surface area contributed by atoms with Gasteiger partial charge in [0.05, 0.1) is 28.5 Å². The van der Waals surface area contributed by atoms with E-state index in [0.717, 1.165) is 9.90 Å². The maximum atomic E-state index is 13.3. The summed E-state index contributed by atoms with van der Waals surface area (Å²) >= 11 is 27.2. The number of alkyl halides is 3. The van der Waals surface area contributed by atoms with E-state index in [9.17, 15) is 28.0 Å². The van der Waals surface area contributed by atoms with Crippen LogP contribution in [0.15, 0.2) is 58.6 Å². The van der Waals surface area contributed by atoms with Gasteiger partial charge in [-0.3, -0.25) is 28.5 Å². The molecule has 6 aromatic heterocycles. The second kappa shape index (κ2) is 27.9. The van der Waals surface area contributed by atoms with E-state index in [2.05, 4.69) is 55.7 Å². The van der Waals surface area contributed by atoms with Crippen LogP contribution in [0.5, 0.6) is 11.5 Å². The fourth-order valence-corrected chi connectivity index (χ4v) is 5.68. The van der Waals surface area contributed by atoms with Crippen LogP contribution in [0.25, 0.3) is 44.6 Å². The molecule has 26 heteroatoms. The fourth-order valence-electron chi connectivity index (χ4n) is 4.80. The SMILES string of the molecule is CC(C)(C)C(=O)Oc1c(-c2ccc(Cl)nc2Cl)c(=O)[nH]c2nccnc12.CC(C)(C)C(=O)Oc1c(-c2ccc(Cl)nc2Cl)c(=O)n(CC(F)F)c2nccnc12.CCBr.O=CO[O-].[H-].[K+].[K+]. The van der Waals surface area contributed by atoms with Gasteiger partial charge in [-0.2, -0.15) is 0 Å². The van der Waals surface area contributed by atoms with Crippen molar-refractivity contribution in [1.82, 2.24) is 39.5 Å². The number of rotatable bonds is 7. The first-order valence-electron chi connectivity index (χ1n) is 17.9. The molecule has 6 aromatic rings. The normalized spacial score (nSPS) is 10.7. The van der Waals surface area contributed by atoms with Crippen LogP contribution in [0.1, 0.15) is 49.9 Å². The molecule has 0 atom stereocenters. The van der Waals surface area contributed by atoms with Crippen LogP contribution in [0.3, 0.4) is 0 Å². The monoisotopic (exact) mass is 1100 g/mol. The summed E-state index contributed by atoms with van der Waals surface area (Å²) in [6, 6.07) is 5.77. The molecular formula is C39H37BrCl4F2K2N8O9. The molecule has 0 saturated carbocycles. The predicted octanol–water partition coefficient (Wildman–Crippen LogP) is 1.97. The van der Waals surface area contributed by atoms with Crippen molar-refractivity contribution in [2.45, 2.75) is 61.4 Å². The second-order valence-corrected chi connectivity index (χ2v) is 16.9. The van der Waals surface area contributed by atoms with Crippen molar-refractivity contribution in [2.24, 2.45) is 10.8 Å². The van der Waals surface area contributed by atoms with Gasteiger partial charge in [-0.05, 0) is 65.8 Å². The van der Waals surface area contributed by atoms with Crippen LogP contribution in [0.2, 0.25) is 20.6 Å². The van der Waals surface area contributed by atoms with Gasteiger partial charge in [-0.1, -0.05) is 69.3 Å². The quantitative estimate of drug-likeness (QED) is 0.0458. The molecule has 0 aromatic carbocycles. The van der Waals surface area contributed by atoms with Crippen molar-refractivity contribution in [3.8, 4) is 33.8 Å². The summed E-state index contributed by atoms with van der Waals surface area (Å²) in [7, 11) is 0. The summed E-state index contributed by atoms with van der Waals surface area (Å²) in [6.07, 6.45) is 2.54. The van der Waals surface area contributed by atoms with Gasteiger partial charge in [0.15, 0.2) is 22.8 Å². The first-order chi connectivity index (χ1) is 29.5. The molecule has 6 rings (SSSR count). The molecule has 0 aliphatic rings. The number of hydrogen-bond acceptors (Lipinski definition) is 15. The number of fused-ring (bicyclic) bond motifs is 2. The minimum atomic E-state index is -2.84. The number of aromatic nitrogens is 8. The number of nitrogens with one attached hydrogen (secondary N) is 1. The number of ether oxygens (including phenoxy) is 2. The molecule has 0 aliphatic heterocycles. The third kappa shape index (κ3) is 16.9. The van der Waals surface area contributed by atoms with Crippen molar-refractivity contribution >= 4 is 103 Å². The third-order valence-corrected chi connectivity index (χ3v) is 8.57. The van der Waals surface area contributed by atoms with Crippen LogP contribution in [-0.4, -0.2) is 69.6 Å². The standard InChI is InChI=1S/C19H16Cl2F2N4O3.C17H14Cl2N4O3.C2H5Br.CH2O3.2K.H/c1-19(2,3)18(29)30-14-12(9-4-5-10(20)26-15(9)21)17(28)27(8-11(22)23)16-13(14)24-6-7-25-16;1-17(2,3)16(25)26-12-10(8-4-5-9(18)22-13(8)19)15(24)23-14-11(12)20-6-7-21-14;1-2-3;2-1-4-3;;;/h4-7,11H,8H2,1-3H3;4-7H,1-3H3,(H,21,23,24);2H2,1H3;1,3H;;;/q;;;;2*+1;-1/p-1. The number of hydrogen-bond donors (Lipinski definition) is 1. The summed E-state index contributed by atoms with van der Waals surface area (Å²) in [6.45, 7) is 10.9. The molecule has 17 nitrogen and oxygen atoms in total. The number of pyridine rings is 4. The molecule has 65 heavy (non-hydrogen) atoms. The molecule has 0 bridgehead atoms. The van der Waals surface area contributed by atoms with Gasteiger partial charge in [0.25, 0.3) is 24.0 Å². The molecule has 6 heterocycles. The van der Waals surface area contributed by atoms with Crippen molar-refractivity contribution in [1.29, 1.82) is 0 Å². The van der Waals surface area contributed by atoms with Gasteiger partial charge in [-0.25, -0.2) is 38.7 Å². The number of carbonyl (C=O) groups excluding carboxylic acids is 3. The minimum absolute atomic E-state index is 0. The zero-order valence-electron chi connectivity index (χ0n) is 37.1. The smallest absolute Gasteiger partial charge is 1.00 e. The first-order valence-corrected chi connectivity index (χ1v) is 20.6. The first kappa shape index (κ1) is 61.0. The van der Waals surface area contributed by atoms with Crippen LogP contribution in [-0.2, 0) is 25.8 Å². The molecule has 338 valence electrons. The summed E-state index contributed by atoms with van der Waals surface area (Å²) in [5.41, 5.74) is -2.81. The van der Waals surface area contributed by atoms with Gasteiger partial charge < -0.3 is 26.0 Å². The van der Waals surface area contributed by atoms with Crippen molar-refractivity contribution < 1.29 is 147 Å². The number of esters is 2. The Hall–Kier alpha value is -1.98. The topological polar surface area (TPSA) is 234 Å². The number of nitrogens with zero attached hydrogens (tertiary/aromatic N) is 7. The number of halogens is 7.